The maximum atomic E-state index is 2.57. The van der Waals surface area contributed by atoms with E-state index >= 15 is 0 Å². The van der Waals surface area contributed by atoms with E-state index in [0.717, 1.165) is 29.9 Å². The van der Waals surface area contributed by atoms with Crippen LogP contribution in [0, 0.1) is 0 Å². The molecule has 2 heteroatoms. The number of anilines is 6. The van der Waals surface area contributed by atoms with Crippen LogP contribution in [0.25, 0.3) is 44.2 Å². The zero-order chi connectivity index (χ0) is 41.4. The second-order valence-electron chi connectivity index (χ2n) is 18.0. The van der Waals surface area contributed by atoms with Crippen molar-refractivity contribution in [3.8, 4) is 33.4 Å². The maximum absolute atomic E-state index is 2.57. The Hall–Kier alpha value is -7.16. The van der Waals surface area contributed by atoms with Gasteiger partial charge in [-0.05, 0) is 135 Å². The fourth-order valence-corrected chi connectivity index (χ4v) is 11.4. The first-order chi connectivity index (χ1) is 30.5. The fourth-order valence-electron chi connectivity index (χ4n) is 11.4. The molecule has 1 fully saturated rings. The standard InChI is InChI=1S/C60H48N2/c1-59(2)53-27-15-14-26-50(53)51-34-32-47(39-54(51)59)61(44-21-8-4-9-22-44)48-33-35-52-55(40-48)60(36-16-17-37-60)56-38-43-20-12-13-25-49(43)58(57(52)56)62(45-23-10-5-11-24-45)46-30-28-42(29-31-46)41-18-6-3-7-19-41/h3-15,18-35,38-40H,16-17,36-37H2,1-2H3. The fraction of sp³-hybridized carbons (Fsp3) is 0.133. The van der Waals surface area contributed by atoms with E-state index in [1.54, 1.807) is 0 Å². The third-order valence-corrected chi connectivity index (χ3v) is 14.4. The largest absolute Gasteiger partial charge is 0.310 e. The Bertz CT molecular complexity index is 3140. The first-order valence-corrected chi connectivity index (χ1v) is 22.3. The number of nitrogens with zero attached hydrogens (tertiary/aromatic N) is 2. The van der Waals surface area contributed by atoms with Gasteiger partial charge in [0, 0.05) is 50.2 Å². The molecule has 0 N–H and O–H groups in total. The van der Waals surface area contributed by atoms with Crippen LogP contribution in [0.4, 0.5) is 34.1 Å². The summed E-state index contributed by atoms with van der Waals surface area (Å²) in [5.41, 5.74) is 20.5. The quantitative estimate of drug-likeness (QED) is 0.158. The number of benzene rings is 9. The minimum atomic E-state index is -0.0946. The summed E-state index contributed by atoms with van der Waals surface area (Å²) in [7, 11) is 0. The highest BCUT2D eigenvalue weighted by molar-refractivity contribution is 6.10. The van der Waals surface area contributed by atoms with E-state index in [2.05, 4.69) is 230 Å². The molecular formula is C60H48N2. The van der Waals surface area contributed by atoms with E-state index in [1.165, 1.54) is 96.3 Å². The molecule has 0 saturated heterocycles. The zero-order valence-corrected chi connectivity index (χ0v) is 35.4. The minimum absolute atomic E-state index is 0.0804. The summed E-state index contributed by atoms with van der Waals surface area (Å²) in [5, 5.41) is 2.55. The summed E-state index contributed by atoms with van der Waals surface area (Å²) in [4.78, 5) is 5.02. The summed E-state index contributed by atoms with van der Waals surface area (Å²) in [6.07, 6.45) is 4.72. The molecule has 0 amide bonds. The lowest BCUT2D eigenvalue weighted by atomic mass is 9.76. The van der Waals surface area contributed by atoms with Gasteiger partial charge in [-0.2, -0.15) is 0 Å². The van der Waals surface area contributed by atoms with Gasteiger partial charge in [0.25, 0.3) is 0 Å². The average Bonchev–Trinajstić information content (AvgIpc) is 3.99. The van der Waals surface area contributed by atoms with Gasteiger partial charge in [-0.1, -0.05) is 166 Å². The lowest BCUT2D eigenvalue weighted by Gasteiger charge is -2.32. The Balaban J connectivity index is 1.07. The van der Waals surface area contributed by atoms with Gasteiger partial charge in [0.2, 0.25) is 0 Å². The maximum Gasteiger partial charge on any atom is 0.0621 e. The van der Waals surface area contributed by atoms with Crippen molar-refractivity contribution in [2.75, 3.05) is 9.80 Å². The van der Waals surface area contributed by atoms with Crippen LogP contribution in [-0.4, -0.2) is 0 Å². The van der Waals surface area contributed by atoms with Gasteiger partial charge in [-0.25, -0.2) is 0 Å². The van der Waals surface area contributed by atoms with E-state index in [-0.39, 0.29) is 10.8 Å². The predicted octanol–water partition coefficient (Wildman–Crippen LogP) is 16.6. The summed E-state index contributed by atoms with van der Waals surface area (Å²) < 4.78 is 0. The molecule has 9 aromatic rings. The first-order valence-electron chi connectivity index (χ1n) is 22.3. The molecule has 0 atom stereocenters. The average molecular weight is 797 g/mol. The van der Waals surface area contributed by atoms with Crippen LogP contribution in [0.3, 0.4) is 0 Å². The third kappa shape index (κ3) is 5.56. The van der Waals surface area contributed by atoms with Gasteiger partial charge in [0.05, 0.1) is 5.69 Å². The van der Waals surface area contributed by atoms with Crippen molar-refractivity contribution < 1.29 is 0 Å². The van der Waals surface area contributed by atoms with Crippen LogP contribution in [0.1, 0.15) is 61.8 Å². The second kappa shape index (κ2) is 14.2. The smallest absolute Gasteiger partial charge is 0.0621 e. The molecule has 0 unspecified atom stereocenters. The summed E-state index contributed by atoms with van der Waals surface area (Å²) in [6.45, 7) is 4.76. The minimum Gasteiger partial charge on any atom is -0.310 e. The molecule has 12 rings (SSSR count). The van der Waals surface area contributed by atoms with Crippen molar-refractivity contribution in [3.63, 3.8) is 0 Å². The molecule has 0 bridgehead atoms. The number of rotatable bonds is 7. The van der Waals surface area contributed by atoms with Crippen molar-refractivity contribution >= 4 is 44.9 Å². The lowest BCUT2D eigenvalue weighted by Crippen LogP contribution is -2.21. The molecule has 0 aliphatic heterocycles. The van der Waals surface area contributed by atoms with E-state index in [1.807, 2.05) is 0 Å². The van der Waals surface area contributed by atoms with Gasteiger partial charge < -0.3 is 9.80 Å². The second-order valence-corrected chi connectivity index (χ2v) is 18.0. The van der Waals surface area contributed by atoms with Crippen LogP contribution in [0.15, 0.2) is 206 Å². The van der Waals surface area contributed by atoms with Crippen molar-refractivity contribution in [1.29, 1.82) is 0 Å². The zero-order valence-electron chi connectivity index (χ0n) is 35.4. The Kier molecular flexibility index (Phi) is 8.41. The number of fused-ring (bicyclic) bond motifs is 9. The molecule has 298 valence electrons. The van der Waals surface area contributed by atoms with Crippen molar-refractivity contribution in [3.05, 3.63) is 229 Å². The number of para-hydroxylation sites is 2. The van der Waals surface area contributed by atoms with Crippen LogP contribution in [0.2, 0.25) is 0 Å². The summed E-state index contributed by atoms with van der Waals surface area (Å²) in [6, 6.07) is 76.9. The molecule has 1 spiro atoms. The summed E-state index contributed by atoms with van der Waals surface area (Å²) in [5.74, 6) is 0. The monoisotopic (exact) mass is 796 g/mol. The molecule has 0 heterocycles. The van der Waals surface area contributed by atoms with E-state index in [4.69, 9.17) is 0 Å². The van der Waals surface area contributed by atoms with Crippen LogP contribution < -0.4 is 9.80 Å². The highest BCUT2D eigenvalue weighted by Crippen LogP contribution is 2.62. The molecular weight excluding hydrogens is 749 g/mol. The SMILES string of the molecule is CC1(C)c2ccccc2-c2ccc(N(c3ccccc3)c3ccc4c(c3)C3(CCCC3)c3cc5ccccc5c(N(c5ccccc5)c5ccc(-c6ccccc6)cc5)c3-4)cc21. The molecule has 2 nitrogen and oxygen atoms in total. The molecule has 3 aliphatic carbocycles. The normalized spacial score (nSPS) is 14.9. The Labute approximate surface area is 365 Å². The Morgan fingerprint density at radius 3 is 1.60 bits per heavy atom. The van der Waals surface area contributed by atoms with Gasteiger partial charge in [0.15, 0.2) is 0 Å². The summed E-state index contributed by atoms with van der Waals surface area (Å²) >= 11 is 0. The van der Waals surface area contributed by atoms with Crippen LogP contribution in [0.5, 0.6) is 0 Å². The topological polar surface area (TPSA) is 6.48 Å². The number of hydrogen-bond donors (Lipinski definition) is 0. The van der Waals surface area contributed by atoms with Crippen molar-refractivity contribution in [2.24, 2.45) is 0 Å². The van der Waals surface area contributed by atoms with Gasteiger partial charge >= 0.3 is 0 Å². The molecule has 0 aromatic heterocycles. The van der Waals surface area contributed by atoms with Gasteiger partial charge in [0.1, 0.15) is 0 Å². The Morgan fingerprint density at radius 2 is 0.887 bits per heavy atom. The highest BCUT2D eigenvalue weighted by Gasteiger charge is 2.47. The van der Waals surface area contributed by atoms with E-state index in [0.29, 0.717) is 0 Å². The highest BCUT2D eigenvalue weighted by atomic mass is 15.2. The van der Waals surface area contributed by atoms with Crippen LogP contribution >= 0.6 is 0 Å². The van der Waals surface area contributed by atoms with Crippen LogP contribution in [-0.2, 0) is 10.8 Å². The molecule has 9 aromatic carbocycles. The molecule has 3 aliphatic rings. The van der Waals surface area contributed by atoms with Crippen molar-refractivity contribution in [2.45, 2.75) is 50.4 Å². The predicted molar refractivity (Wildman–Crippen MR) is 261 cm³/mol. The Morgan fingerprint density at radius 1 is 0.371 bits per heavy atom. The third-order valence-electron chi connectivity index (χ3n) is 14.4. The molecule has 62 heavy (non-hydrogen) atoms. The number of hydrogen-bond acceptors (Lipinski definition) is 2. The lowest BCUT2D eigenvalue weighted by molar-refractivity contribution is 0.550. The van der Waals surface area contributed by atoms with Gasteiger partial charge in [-0.15, -0.1) is 0 Å². The van der Waals surface area contributed by atoms with E-state index in [9.17, 15) is 0 Å². The molecule has 1 saturated carbocycles. The first kappa shape index (κ1) is 36.7. The van der Waals surface area contributed by atoms with E-state index < -0.39 is 0 Å². The molecule has 0 radical (unpaired) electrons. The van der Waals surface area contributed by atoms with Gasteiger partial charge in [-0.3, -0.25) is 0 Å². The van der Waals surface area contributed by atoms with Crippen molar-refractivity contribution in [1.82, 2.24) is 0 Å².